The first-order chi connectivity index (χ1) is 9.85. The van der Waals surface area contributed by atoms with Crippen molar-refractivity contribution in [3.8, 4) is 17.0 Å². The summed E-state index contributed by atoms with van der Waals surface area (Å²) < 4.78 is 7.55. The van der Waals surface area contributed by atoms with Crippen LogP contribution in [0.15, 0.2) is 47.3 Å². The largest absolute Gasteiger partial charge is 0.489 e. The van der Waals surface area contributed by atoms with Crippen LogP contribution in [0.1, 0.15) is 12.5 Å². The Bertz CT molecular complexity index is 659. The minimum atomic E-state index is 0.606. The predicted octanol–water partition coefficient (Wildman–Crippen LogP) is 3.61. The van der Waals surface area contributed by atoms with Gasteiger partial charge in [0.15, 0.2) is 0 Å². The molecule has 0 aliphatic carbocycles. The molecule has 5 heteroatoms. The number of ether oxygens (including phenoxy) is 1. The molecular weight excluding hydrogens is 270 g/mol. The van der Waals surface area contributed by atoms with Crippen LogP contribution in [0.3, 0.4) is 0 Å². The number of nitrogens with zero attached hydrogens (tertiary/aromatic N) is 3. The fraction of sp³-hybridized carbons (Fsp3) is 0.200. The van der Waals surface area contributed by atoms with Gasteiger partial charge < -0.3 is 4.74 Å². The van der Waals surface area contributed by atoms with E-state index in [1.165, 1.54) is 5.56 Å². The van der Waals surface area contributed by atoms with Crippen molar-refractivity contribution in [3.63, 3.8) is 0 Å². The second-order valence-corrected chi connectivity index (χ2v) is 5.18. The first kappa shape index (κ1) is 12.9. The summed E-state index contributed by atoms with van der Waals surface area (Å²) in [6, 6.07) is 10.0. The van der Waals surface area contributed by atoms with Gasteiger partial charge in [0, 0.05) is 12.1 Å². The van der Waals surface area contributed by atoms with Crippen LogP contribution in [0.2, 0.25) is 0 Å². The molecular formula is C15H15N3OS. The van der Waals surface area contributed by atoms with E-state index in [4.69, 9.17) is 4.74 Å². The average Bonchev–Trinajstić information content (AvgIpc) is 3.17. The van der Waals surface area contributed by atoms with E-state index in [0.717, 1.165) is 23.6 Å². The van der Waals surface area contributed by atoms with E-state index >= 15 is 0 Å². The molecule has 1 aromatic carbocycles. The Labute approximate surface area is 121 Å². The van der Waals surface area contributed by atoms with Crippen molar-refractivity contribution in [2.24, 2.45) is 0 Å². The molecule has 0 saturated heterocycles. The second kappa shape index (κ2) is 5.88. The van der Waals surface area contributed by atoms with Gasteiger partial charge in [0.2, 0.25) is 0 Å². The smallest absolute Gasteiger partial charge is 0.119 e. The summed E-state index contributed by atoms with van der Waals surface area (Å²) in [7, 11) is 0. The molecule has 0 aliphatic heterocycles. The van der Waals surface area contributed by atoms with Crippen LogP contribution in [0.4, 0.5) is 0 Å². The van der Waals surface area contributed by atoms with E-state index < -0.39 is 0 Å². The van der Waals surface area contributed by atoms with Crippen molar-refractivity contribution in [2.75, 3.05) is 0 Å². The Balaban J connectivity index is 1.67. The Kier molecular flexibility index (Phi) is 3.78. The van der Waals surface area contributed by atoms with Crippen LogP contribution in [0, 0.1) is 0 Å². The number of aromatic nitrogens is 3. The highest BCUT2D eigenvalue weighted by Crippen LogP contribution is 2.21. The monoisotopic (exact) mass is 285 g/mol. The first-order valence-corrected chi connectivity index (χ1v) is 7.44. The molecule has 0 saturated carbocycles. The van der Waals surface area contributed by atoms with Crippen LogP contribution in [0.25, 0.3) is 11.3 Å². The van der Waals surface area contributed by atoms with Crippen molar-refractivity contribution in [1.82, 2.24) is 15.0 Å². The number of aryl methyl sites for hydroxylation is 1. The van der Waals surface area contributed by atoms with Crippen LogP contribution < -0.4 is 4.74 Å². The molecule has 20 heavy (non-hydrogen) atoms. The van der Waals surface area contributed by atoms with Gasteiger partial charge in [0.05, 0.1) is 6.20 Å². The van der Waals surface area contributed by atoms with E-state index in [2.05, 4.69) is 27.1 Å². The number of hydrogen-bond acceptors (Lipinski definition) is 4. The van der Waals surface area contributed by atoms with E-state index in [1.54, 1.807) is 11.3 Å². The molecule has 0 atom stereocenters. The highest BCUT2D eigenvalue weighted by atomic mass is 32.1. The molecule has 0 unspecified atom stereocenters. The molecule has 0 radical (unpaired) electrons. The van der Waals surface area contributed by atoms with Crippen molar-refractivity contribution in [3.05, 3.63) is 52.9 Å². The molecule has 0 amide bonds. The van der Waals surface area contributed by atoms with Gasteiger partial charge in [0.25, 0.3) is 0 Å². The topological polar surface area (TPSA) is 39.9 Å². The summed E-state index contributed by atoms with van der Waals surface area (Å²) in [5.74, 6) is 0.864. The van der Waals surface area contributed by atoms with Crippen molar-refractivity contribution < 1.29 is 4.74 Å². The summed E-state index contributed by atoms with van der Waals surface area (Å²) in [6.45, 7) is 3.48. The number of thiophene rings is 1. The SMILES string of the molecule is CCn1cc(-c2ccc(OCc3ccsc3)cc2)nn1. The number of hydrogen-bond donors (Lipinski definition) is 0. The number of rotatable bonds is 5. The van der Waals surface area contributed by atoms with Crippen molar-refractivity contribution in [1.29, 1.82) is 0 Å². The van der Waals surface area contributed by atoms with Gasteiger partial charge in [-0.3, -0.25) is 4.68 Å². The lowest BCUT2D eigenvalue weighted by molar-refractivity contribution is 0.307. The maximum absolute atomic E-state index is 5.73. The lowest BCUT2D eigenvalue weighted by Gasteiger charge is -2.05. The lowest BCUT2D eigenvalue weighted by Crippen LogP contribution is -1.93. The van der Waals surface area contributed by atoms with Gasteiger partial charge in [0.1, 0.15) is 18.1 Å². The van der Waals surface area contributed by atoms with Crippen LogP contribution in [-0.4, -0.2) is 15.0 Å². The van der Waals surface area contributed by atoms with Crippen LogP contribution in [-0.2, 0) is 13.2 Å². The maximum Gasteiger partial charge on any atom is 0.119 e. The molecule has 0 aliphatic rings. The summed E-state index contributed by atoms with van der Waals surface area (Å²) >= 11 is 1.68. The van der Waals surface area contributed by atoms with E-state index in [0.29, 0.717) is 6.61 Å². The van der Waals surface area contributed by atoms with Gasteiger partial charge in [-0.05, 0) is 53.6 Å². The van der Waals surface area contributed by atoms with Gasteiger partial charge in [-0.2, -0.15) is 11.3 Å². The van der Waals surface area contributed by atoms with Crippen LogP contribution in [0.5, 0.6) is 5.75 Å². The molecule has 0 bridgehead atoms. The molecule has 3 rings (SSSR count). The second-order valence-electron chi connectivity index (χ2n) is 4.40. The minimum Gasteiger partial charge on any atom is -0.489 e. The van der Waals surface area contributed by atoms with Gasteiger partial charge >= 0.3 is 0 Å². The molecule has 4 nitrogen and oxygen atoms in total. The fourth-order valence-corrected chi connectivity index (χ4v) is 2.50. The Morgan fingerprint density at radius 1 is 1.20 bits per heavy atom. The van der Waals surface area contributed by atoms with Crippen molar-refractivity contribution >= 4 is 11.3 Å². The van der Waals surface area contributed by atoms with Crippen LogP contribution >= 0.6 is 11.3 Å². The normalized spacial score (nSPS) is 10.7. The molecule has 2 aromatic heterocycles. The minimum absolute atomic E-state index is 0.606. The standard InChI is InChI=1S/C15H15N3OS/c1-2-18-9-15(16-17-18)13-3-5-14(6-4-13)19-10-12-7-8-20-11-12/h3-9,11H,2,10H2,1H3. The summed E-state index contributed by atoms with van der Waals surface area (Å²) in [5, 5.41) is 12.3. The Morgan fingerprint density at radius 3 is 2.70 bits per heavy atom. The highest BCUT2D eigenvalue weighted by Gasteiger charge is 2.03. The molecule has 0 fully saturated rings. The zero-order valence-electron chi connectivity index (χ0n) is 11.2. The summed E-state index contributed by atoms with van der Waals surface area (Å²) in [5.41, 5.74) is 3.13. The molecule has 0 spiro atoms. The van der Waals surface area contributed by atoms with E-state index in [-0.39, 0.29) is 0 Å². The fourth-order valence-electron chi connectivity index (χ4n) is 1.85. The Morgan fingerprint density at radius 2 is 2.05 bits per heavy atom. The summed E-state index contributed by atoms with van der Waals surface area (Å²) in [4.78, 5) is 0. The predicted molar refractivity (Wildman–Crippen MR) is 79.8 cm³/mol. The molecule has 2 heterocycles. The number of benzene rings is 1. The zero-order chi connectivity index (χ0) is 13.8. The van der Waals surface area contributed by atoms with Gasteiger partial charge in [-0.1, -0.05) is 5.21 Å². The Hall–Kier alpha value is -2.14. The molecule has 0 N–H and O–H groups in total. The lowest BCUT2D eigenvalue weighted by atomic mass is 10.1. The van der Waals surface area contributed by atoms with E-state index in [1.807, 2.05) is 42.1 Å². The quantitative estimate of drug-likeness (QED) is 0.719. The third kappa shape index (κ3) is 2.88. The molecule has 3 aromatic rings. The van der Waals surface area contributed by atoms with Gasteiger partial charge in [-0.15, -0.1) is 5.10 Å². The zero-order valence-corrected chi connectivity index (χ0v) is 12.0. The van der Waals surface area contributed by atoms with E-state index in [9.17, 15) is 0 Å². The average molecular weight is 285 g/mol. The maximum atomic E-state index is 5.73. The van der Waals surface area contributed by atoms with Crippen molar-refractivity contribution in [2.45, 2.75) is 20.1 Å². The first-order valence-electron chi connectivity index (χ1n) is 6.49. The third-order valence-corrected chi connectivity index (χ3v) is 3.73. The van der Waals surface area contributed by atoms with Gasteiger partial charge in [-0.25, -0.2) is 0 Å². The molecule has 102 valence electrons. The summed E-state index contributed by atoms with van der Waals surface area (Å²) in [6.07, 6.45) is 1.95. The third-order valence-electron chi connectivity index (χ3n) is 3.00. The highest BCUT2D eigenvalue weighted by molar-refractivity contribution is 7.07.